The van der Waals surface area contributed by atoms with Crippen molar-refractivity contribution >= 4 is 11.9 Å². The molecule has 1 saturated heterocycles. The van der Waals surface area contributed by atoms with Crippen LogP contribution in [0.4, 0.5) is 0 Å². The van der Waals surface area contributed by atoms with Gasteiger partial charge in [-0.15, -0.1) is 0 Å². The topological polar surface area (TPSA) is 61.8 Å². The zero-order chi connectivity index (χ0) is 30.6. The number of hydrogen-bond donors (Lipinski definition) is 0. The van der Waals surface area contributed by atoms with Crippen LogP contribution in [-0.4, -0.2) is 30.8 Å². The first-order chi connectivity index (χ1) is 22.1. The molecule has 224 valence electrons. The monoisotopic (exact) mass is 594 g/mol. The zero-order valence-electron chi connectivity index (χ0n) is 24.8. The van der Waals surface area contributed by atoms with Gasteiger partial charge >= 0.3 is 11.9 Å². The van der Waals surface area contributed by atoms with Crippen LogP contribution < -0.4 is 0 Å². The summed E-state index contributed by atoms with van der Waals surface area (Å²) in [7, 11) is 0. The molecule has 2 aliphatic rings. The van der Waals surface area contributed by atoms with Gasteiger partial charge in [-0.2, -0.15) is 0 Å². The molecule has 0 bridgehead atoms. The van der Waals surface area contributed by atoms with Gasteiger partial charge in [0.05, 0.1) is 18.6 Å². The normalized spacial score (nSPS) is 20.8. The highest BCUT2D eigenvalue weighted by Crippen LogP contribution is 2.46. The Kier molecular flexibility index (Phi) is 8.02. The summed E-state index contributed by atoms with van der Waals surface area (Å²) < 4.78 is 19.0. The largest absolute Gasteiger partial charge is 0.462 e. The van der Waals surface area contributed by atoms with Crippen LogP contribution >= 0.6 is 0 Å². The van der Waals surface area contributed by atoms with Gasteiger partial charge in [-0.25, -0.2) is 4.79 Å². The maximum Gasteiger partial charge on any atom is 0.338 e. The number of hydrogen-bond acceptors (Lipinski definition) is 5. The summed E-state index contributed by atoms with van der Waals surface area (Å²) in [5.41, 5.74) is 4.63. The average molecular weight is 595 g/mol. The molecule has 5 aromatic carbocycles. The molecule has 5 nitrogen and oxygen atoms in total. The fourth-order valence-electron chi connectivity index (χ4n) is 6.95. The fourth-order valence-corrected chi connectivity index (χ4v) is 6.95. The van der Waals surface area contributed by atoms with E-state index in [0.717, 1.165) is 27.8 Å². The standard InChI is InChI=1S/C40H34O5/c41-38-25-34-35(37(26-36(34)44-38)45-39(42)30-23-21-29(22-24-30)28-13-5-1-6-14-28)27-43-40(31-15-7-2-8-16-31,32-17-9-3-10-18-32)33-19-11-4-12-20-33/h1-24,34-37H,25-27H2. The Morgan fingerprint density at radius 3 is 1.69 bits per heavy atom. The van der Waals surface area contributed by atoms with Gasteiger partial charge in [-0.05, 0) is 39.9 Å². The van der Waals surface area contributed by atoms with Gasteiger partial charge < -0.3 is 14.2 Å². The van der Waals surface area contributed by atoms with E-state index in [4.69, 9.17) is 14.2 Å². The van der Waals surface area contributed by atoms with Crippen LogP contribution in [0.15, 0.2) is 146 Å². The first kappa shape index (κ1) is 28.8. The summed E-state index contributed by atoms with van der Waals surface area (Å²) in [4.78, 5) is 25.9. The lowest BCUT2D eigenvalue weighted by atomic mass is 9.79. The van der Waals surface area contributed by atoms with Gasteiger partial charge in [0.15, 0.2) is 0 Å². The smallest absolute Gasteiger partial charge is 0.338 e. The van der Waals surface area contributed by atoms with Crippen molar-refractivity contribution in [1.29, 1.82) is 0 Å². The second-order valence-electron chi connectivity index (χ2n) is 11.8. The molecule has 1 saturated carbocycles. The summed E-state index contributed by atoms with van der Waals surface area (Å²) in [5.74, 6) is -0.937. The molecule has 0 N–H and O–H groups in total. The van der Waals surface area contributed by atoms with E-state index in [0.29, 0.717) is 12.0 Å². The minimum atomic E-state index is -0.923. The molecule has 0 aromatic heterocycles. The van der Waals surface area contributed by atoms with E-state index in [1.165, 1.54) is 0 Å². The average Bonchev–Trinajstić information content (AvgIpc) is 3.62. The molecule has 1 heterocycles. The summed E-state index contributed by atoms with van der Waals surface area (Å²) in [6.07, 6.45) is -0.0285. The maximum atomic E-state index is 13.5. The Bertz CT molecular complexity index is 1640. The Morgan fingerprint density at radius 2 is 1.16 bits per heavy atom. The van der Waals surface area contributed by atoms with Crippen molar-refractivity contribution in [1.82, 2.24) is 0 Å². The molecule has 2 fully saturated rings. The highest BCUT2D eigenvalue weighted by atomic mass is 16.6. The van der Waals surface area contributed by atoms with Crippen molar-refractivity contribution < 1.29 is 23.8 Å². The zero-order valence-corrected chi connectivity index (χ0v) is 24.8. The maximum absolute atomic E-state index is 13.5. The summed E-state index contributed by atoms with van der Waals surface area (Å²) in [5, 5.41) is 0. The second-order valence-corrected chi connectivity index (χ2v) is 11.8. The minimum Gasteiger partial charge on any atom is -0.462 e. The number of benzene rings is 5. The SMILES string of the molecule is O=C1CC2C(CC(OC(=O)c3ccc(-c4ccccc4)cc3)C2COC(c2ccccc2)(c2ccccc2)c2ccccc2)O1. The lowest BCUT2D eigenvalue weighted by Crippen LogP contribution is -2.38. The third-order valence-electron chi connectivity index (χ3n) is 9.17. The molecule has 7 rings (SSSR count). The second kappa shape index (κ2) is 12.5. The number of fused-ring (bicyclic) bond motifs is 1. The van der Waals surface area contributed by atoms with Crippen molar-refractivity contribution in [3.63, 3.8) is 0 Å². The van der Waals surface area contributed by atoms with E-state index in [2.05, 4.69) is 36.4 Å². The van der Waals surface area contributed by atoms with Crippen molar-refractivity contribution in [2.45, 2.75) is 30.7 Å². The first-order valence-corrected chi connectivity index (χ1v) is 15.5. The number of carbonyl (C=O) groups excluding carboxylic acids is 2. The third kappa shape index (κ3) is 5.67. The van der Waals surface area contributed by atoms with Gasteiger partial charge in [0.25, 0.3) is 0 Å². The highest BCUT2D eigenvalue weighted by molar-refractivity contribution is 5.90. The van der Waals surface area contributed by atoms with Crippen LogP contribution in [0.3, 0.4) is 0 Å². The molecule has 5 aromatic rings. The van der Waals surface area contributed by atoms with Gasteiger partial charge in [-0.1, -0.05) is 133 Å². The molecular weight excluding hydrogens is 560 g/mol. The number of esters is 2. The van der Waals surface area contributed by atoms with E-state index in [9.17, 15) is 9.59 Å². The Morgan fingerprint density at radius 1 is 0.667 bits per heavy atom. The molecule has 4 atom stereocenters. The minimum absolute atomic E-state index is 0.101. The van der Waals surface area contributed by atoms with E-state index in [1.807, 2.05) is 97.1 Å². The van der Waals surface area contributed by atoms with E-state index in [-0.39, 0.29) is 36.9 Å². The number of ether oxygens (including phenoxy) is 3. The summed E-state index contributed by atoms with van der Waals surface area (Å²) >= 11 is 0. The number of rotatable bonds is 9. The van der Waals surface area contributed by atoms with Crippen molar-refractivity contribution in [2.24, 2.45) is 11.8 Å². The molecule has 1 aliphatic carbocycles. The molecule has 0 amide bonds. The van der Waals surface area contributed by atoms with Gasteiger partial charge in [0, 0.05) is 18.3 Å². The highest BCUT2D eigenvalue weighted by Gasteiger charge is 2.53. The van der Waals surface area contributed by atoms with E-state index >= 15 is 0 Å². The third-order valence-corrected chi connectivity index (χ3v) is 9.17. The molecule has 0 radical (unpaired) electrons. The van der Waals surface area contributed by atoms with Crippen molar-refractivity contribution in [3.8, 4) is 11.1 Å². The van der Waals surface area contributed by atoms with Gasteiger partial charge in [-0.3, -0.25) is 4.79 Å². The van der Waals surface area contributed by atoms with Gasteiger partial charge in [0.2, 0.25) is 0 Å². The molecule has 0 spiro atoms. The van der Waals surface area contributed by atoms with Crippen LogP contribution in [0.1, 0.15) is 39.9 Å². The Balaban J connectivity index is 1.19. The van der Waals surface area contributed by atoms with Crippen LogP contribution in [0, 0.1) is 11.8 Å². The van der Waals surface area contributed by atoms with Crippen LogP contribution in [0.2, 0.25) is 0 Å². The first-order valence-electron chi connectivity index (χ1n) is 15.5. The summed E-state index contributed by atoms with van der Waals surface area (Å²) in [6.45, 7) is 0.265. The summed E-state index contributed by atoms with van der Waals surface area (Å²) in [6, 6.07) is 48.1. The van der Waals surface area contributed by atoms with Gasteiger partial charge in [0.1, 0.15) is 17.8 Å². The van der Waals surface area contributed by atoms with Crippen molar-refractivity contribution in [2.75, 3.05) is 6.61 Å². The molecule has 4 unspecified atom stereocenters. The van der Waals surface area contributed by atoms with Crippen molar-refractivity contribution in [3.05, 3.63) is 168 Å². The molecule has 45 heavy (non-hydrogen) atoms. The van der Waals surface area contributed by atoms with Crippen LogP contribution in [-0.2, 0) is 24.6 Å². The van der Waals surface area contributed by atoms with Crippen LogP contribution in [0.5, 0.6) is 0 Å². The van der Waals surface area contributed by atoms with E-state index < -0.39 is 17.7 Å². The molecule has 1 aliphatic heterocycles. The molecule has 5 heteroatoms. The molecular formula is C40H34O5. The fraction of sp³-hybridized carbons (Fsp3) is 0.200. The predicted molar refractivity (Wildman–Crippen MR) is 172 cm³/mol. The number of carbonyl (C=O) groups is 2. The van der Waals surface area contributed by atoms with E-state index in [1.54, 1.807) is 12.1 Å². The Labute approximate surface area is 263 Å². The quantitative estimate of drug-likeness (QED) is 0.129. The lowest BCUT2D eigenvalue weighted by Gasteiger charge is -2.38. The predicted octanol–water partition coefficient (Wildman–Crippen LogP) is 7.84. The van der Waals surface area contributed by atoms with Crippen LogP contribution in [0.25, 0.3) is 11.1 Å². The Hall–Kier alpha value is -5.00. The lowest BCUT2D eigenvalue weighted by molar-refractivity contribution is -0.141.